The standard InChI is InChI=1S/C17H10BrN3O/c18-13-7-8-14(16-11(10-19)4-3-5-12(13)16)21-17(22)15-6-1-2-9-20-15/h1-9H,(H,21,22). The third-order valence-electron chi connectivity index (χ3n) is 3.25. The maximum absolute atomic E-state index is 12.3. The van der Waals surface area contributed by atoms with Gasteiger partial charge in [-0.3, -0.25) is 9.78 Å². The van der Waals surface area contributed by atoms with E-state index in [0.717, 1.165) is 9.86 Å². The second-order valence-corrected chi connectivity index (χ2v) is 5.46. The Bertz CT molecular complexity index is 901. The molecular weight excluding hydrogens is 342 g/mol. The zero-order valence-corrected chi connectivity index (χ0v) is 13.0. The molecule has 0 radical (unpaired) electrons. The second kappa shape index (κ2) is 5.96. The zero-order valence-electron chi connectivity index (χ0n) is 11.4. The normalized spacial score (nSPS) is 10.2. The van der Waals surface area contributed by atoms with Gasteiger partial charge in [-0.2, -0.15) is 5.26 Å². The highest BCUT2D eigenvalue weighted by atomic mass is 79.9. The number of nitrogens with one attached hydrogen (secondary N) is 1. The van der Waals surface area contributed by atoms with Gasteiger partial charge in [-0.05, 0) is 35.7 Å². The van der Waals surface area contributed by atoms with Crippen molar-refractivity contribution in [2.75, 3.05) is 5.32 Å². The largest absolute Gasteiger partial charge is 0.320 e. The molecule has 1 N–H and O–H groups in total. The minimum atomic E-state index is -0.308. The number of carbonyl (C=O) groups excluding carboxylic acids is 1. The van der Waals surface area contributed by atoms with Crippen molar-refractivity contribution in [3.8, 4) is 6.07 Å². The van der Waals surface area contributed by atoms with Crippen LogP contribution < -0.4 is 5.32 Å². The summed E-state index contributed by atoms with van der Waals surface area (Å²) >= 11 is 3.47. The van der Waals surface area contributed by atoms with E-state index in [9.17, 15) is 10.1 Å². The van der Waals surface area contributed by atoms with Crippen molar-refractivity contribution >= 4 is 38.3 Å². The van der Waals surface area contributed by atoms with Gasteiger partial charge in [0.2, 0.25) is 0 Å². The number of aromatic nitrogens is 1. The van der Waals surface area contributed by atoms with E-state index < -0.39 is 0 Å². The lowest BCUT2D eigenvalue weighted by molar-refractivity contribution is 0.102. The van der Waals surface area contributed by atoms with Crippen molar-refractivity contribution in [3.63, 3.8) is 0 Å². The fourth-order valence-electron chi connectivity index (χ4n) is 2.25. The molecule has 1 amide bonds. The topological polar surface area (TPSA) is 65.8 Å². The van der Waals surface area contributed by atoms with Crippen molar-refractivity contribution < 1.29 is 4.79 Å². The highest BCUT2D eigenvalue weighted by Crippen LogP contribution is 2.32. The Morgan fingerprint density at radius 2 is 2.00 bits per heavy atom. The first kappa shape index (κ1) is 14.2. The second-order valence-electron chi connectivity index (χ2n) is 4.60. The number of hydrogen-bond donors (Lipinski definition) is 1. The van der Waals surface area contributed by atoms with E-state index in [0.29, 0.717) is 22.3 Å². The van der Waals surface area contributed by atoms with Gasteiger partial charge in [-0.15, -0.1) is 0 Å². The van der Waals surface area contributed by atoms with E-state index in [4.69, 9.17) is 0 Å². The first-order valence-electron chi connectivity index (χ1n) is 6.54. The summed E-state index contributed by atoms with van der Waals surface area (Å²) < 4.78 is 0.871. The predicted octanol–water partition coefficient (Wildman–Crippen LogP) is 4.12. The fraction of sp³-hybridized carbons (Fsp3) is 0. The number of benzene rings is 2. The van der Waals surface area contributed by atoms with E-state index >= 15 is 0 Å². The number of hydrogen-bond acceptors (Lipinski definition) is 3. The minimum Gasteiger partial charge on any atom is -0.320 e. The number of pyridine rings is 1. The van der Waals surface area contributed by atoms with E-state index in [1.807, 2.05) is 18.2 Å². The van der Waals surface area contributed by atoms with Gasteiger partial charge in [0.25, 0.3) is 5.91 Å². The van der Waals surface area contributed by atoms with Crippen molar-refractivity contribution in [1.29, 1.82) is 5.26 Å². The number of nitrogens with zero attached hydrogens (tertiary/aromatic N) is 2. The lowest BCUT2D eigenvalue weighted by Crippen LogP contribution is -2.13. The maximum Gasteiger partial charge on any atom is 0.274 e. The number of fused-ring (bicyclic) bond motifs is 1. The van der Waals surface area contributed by atoms with Crippen molar-refractivity contribution in [2.24, 2.45) is 0 Å². The smallest absolute Gasteiger partial charge is 0.274 e. The first-order valence-corrected chi connectivity index (χ1v) is 7.33. The van der Waals surface area contributed by atoms with Gasteiger partial charge in [-0.25, -0.2) is 0 Å². The van der Waals surface area contributed by atoms with Gasteiger partial charge in [0.15, 0.2) is 0 Å². The minimum absolute atomic E-state index is 0.308. The summed E-state index contributed by atoms with van der Waals surface area (Å²) in [7, 11) is 0. The van der Waals surface area contributed by atoms with Crippen LogP contribution in [0, 0.1) is 11.3 Å². The Labute approximate surface area is 135 Å². The fourth-order valence-corrected chi connectivity index (χ4v) is 2.71. The van der Waals surface area contributed by atoms with E-state index in [1.54, 1.807) is 36.5 Å². The highest BCUT2D eigenvalue weighted by Gasteiger charge is 2.13. The van der Waals surface area contributed by atoms with Crippen LogP contribution >= 0.6 is 15.9 Å². The molecule has 0 atom stereocenters. The van der Waals surface area contributed by atoms with Gasteiger partial charge in [0.1, 0.15) is 5.69 Å². The molecule has 0 fully saturated rings. The molecule has 0 bridgehead atoms. The number of nitriles is 1. The first-order chi connectivity index (χ1) is 10.7. The predicted molar refractivity (Wildman–Crippen MR) is 88.6 cm³/mol. The zero-order chi connectivity index (χ0) is 15.5. The van der Waals surface area contributed by atoms with Crippen LogP contribution in [0.3, 0.4) is 0 Å². The molecule has 0 aliphatic carbocycles. The van der Waals surface area contributed by atoms with Crippen LogP contribution in [0.5, 0.6) is 0 Å². The van der Waals surface area contributed by atoms with Crippen molar-refractivity contribution in [3.05, 3.63) is 70.5 Å². The SMILES string of the molecule is N#Cc1cccc2c(Br)ccc(NC(=O)c3ccccn3)c12. The van der Waals surface area contributed by atoms with Gasteiger partial charge < -0.3 is 5.32 Å². The number of anilines is 1. The van der Waals surface area contributed by atoms with Crippen LogP contribution in [-0.2, 0) is 0 Å². The monoisotopic (exact) mass is 351 g/mol. The molecule has 3 aromatic rings. The molecule has 0 saturated heterocycles. The van der Waals surface area contributed by atoms with Gasteiger partial charge >= 0.3 is 0 Å². The number of carbonyl (C=O) groups is 1. The lowest BCUT2D eigenvalue weighted by atomic mass is 10.0. The average Bonchev–Trinajstić information content (AvgIpc) is 2.57. The Morgan fingerprint density at radius 3 is 2.73 bits per heavy atom. The van der Waals surface area contributed by atoms with Crippen LogP contribution in [0.2, 0.25) is 0 Å². The van der Waals surface area contributed by atoms with Gasteiger partial charge in [0, 0.05) is 16.1 Å². The summed E-state index contributed by atoms with van der Waals surface area (Å²) in [6, 6.07) is 16.4. The molecule has 5 heteroatoms. The molecule has 0 unspecified atom stereocenters. The Balaban J connectivity index is 2.10. The molecule has 3 rings (SSSR count). The molecule has 106 valence electrons. The number of rotatable bonds is 2. The average molecular weight is 352 g/mol. The van der Waals surface area contributed by atoms with Gasteiger partial charge in [-0.1, -0.05) is 34.1 Å². The van der Waals surface area contributed by atoms with E-state index in [2.05, 4.69) is 32.3 Å². The van der Waals surface area contributed by atoms with Crippen LogP contribution in [-0.4, -0.2) is 10.9 Å². The molecule has 0 aliphatic rings. The highest BCUT2D eigenvalue weighted by molar-refractivity contribution is 9.10. The number of amides is 1. The Hall–Kier alpha value is -2.71. The molecule has 2 aromatic carbocycles. The third kappa shape index (κ3) is 2.57. The summed E-state index contributed by atoms with van der Waals surface area (Å²) in [5.41, 5.74) is 1.43. The van der Waals surface area contributed by atoms with Crippen LogP contribution in [0.15, 0.2) is 59.2 Å². The molecule has 1 aromatic heterocycles. The third-order valence-corrected chi connectivity index (χ3v) is 3.95. The summed E-state index contributed by atoms with van der Waals surface area (Å²) in [5, 5.41) is 13.7. The Kier molecular flexibility index (Phi) is 3.86. The quantitative estimate of drug-likeness (QED) is 0.754. The Morgan fingerprint density at radius 1 is 1.14 bits per heavy atom. The summed E-state index contributed by atoms with van der Waals surface area (Å²) in [6.45, 7) is 0. The number of halogens is 1. The van der Waals surface area contributed by atoms with Crippen molar-refractivity contribution in [2.45, 2.75) is 0 Å². The van der Waals surface area contributed by atoms with Gasteiger partial charge in [0.05, 0.1) is 17.3 Å². The molecular formula is C17H10BrN3O. The lowest BCUT2D eigenvalue weighted by Gasteiger charge is -2.11. The summed E-state index contributed by atoms with van der Waals surface area (Å²) in [6.07, 6.45) is 1.56. The molecule has 0 aliphatic heterocycles. The van der Waals surface area contributed by atoms with Crippen LogP contribution in [0.4, 0.5) is 5.69 Å². The molecule has 0 saturated carbocycles. The molecule has 1 heterocycles. The summed E-state index contributed by atoms with van der Waals surface area (Å²) in [4.78, 5) is 16.3. The van der Waals surface area contributed by atoms with E-state index in [-0.39, 0.29) is 5.91 Å². The van der Waals surface area contributed by atoms with Crippen LogP contribution in [0.25, 0.3) is 10.8 Å². The van der Waals surface area contributed by atoms with E-state index in [1.165, 1.54) is 0 Å². The van der Waals surface area contributed by atoms with Crippen LogP contribution in [0.1, 0.15) is 16.1 Å². The summed E-state index contributed by atoms with van der Waals surface area (Å²) in [5.74, 6) is -0.308. The molecule has 0 spiro atoms. The molecule has 4 nitrogen and oxygen atoms in total. The molecule has 22 heavy (non-hydrogen) atoms. The van der Waals surface area contributed by atoms with Crippen molar-refractivity contribution in [1.82, 2.24) is 4.98 Å². The maximum atomic E-state index is 12.3.